The number of carboxylic acids is 2. The Kier molecular flexibility index (Phi) is 7.40. The van der Waals surface area contributed by atoms with Crippen LogP contribution in [0.1, 0.15) is 31.1 Å². The molecule has 0 aliphatic carbocycles. The molecule has 0 radical (unpaired) electrons. The molecular weight excluding hydrogens is 536 g/mol. The summed E-state index contributed by atoms with van der Waals surface area (Å²) in [4.78, 5) is 53.4. The number of thioether (sulfide) groups is 1. The predicted octanol–water partition coefficient (Wildman–Crippen LogP) is 6.26. The summed E-state index contributed by atoms with van der Waals surface area (Å²) >= 11 is 3.00. The van der Waals surface area contributed by atoms with E-state index < -0.39 is 23.4 Å². The minimum Gasteiger partial charge on any atom is -0.478 e. The first kappa shape index (κ1) is 26.1. The first-order valence-electron chi connectivity index (χ1n) is 11.7. The zero-order valence-corrected chi connectivity index (χ0v) is 21.8. The van der Waals surface area contributed by atoms with Gasteiger partial charge < -0.3 is 15.5 Å². The fourth-order valence-electron chi connectivity index (χ4n) is 4.07. The third-order valence-electron chi connectivity index (χ3n) is 5.90. The van der Waals surface area contributed by atoms with Crippen molar-refractivity contribution in [1.29, 1.82) is 0 Å². The molecule has 0 saturated heterocycles. The van der Waals surface area contributed by atoms with Gasteiger partial charge in [0.25, 0.3) is 5.91 Å². The molecule has 194 valence electrons. The summed E-state index contributed by atoms with van der Waals surface area (Å²) in [7, 11) is 0. The lowest BCUT2D eigenvalue weighted by atomic mass is 10.0. The van der Waals surface area contributed by atoms with Gasteiger partial charge in [-0.2, -0.15) is 0 Å². The Morgan fingerprint density at radius 3 is 1.95 bits per heavy atom. The van der Waals surface area contributed by atoms with Gasteiger partial charge in [-0.3, -0.25) is 14.5 Å². The van der Waals surface area contributed by atoms with Gasteiger partial charge in [0.15, 0.2) is 0 Å². The Balaban J connectivity index is 1.27. The van der Waals surface area contributed by atoms with Crippen LogP contribution in [-0.4, -0.2) is 39.7 Å². The highest BCUT2D eigenvalue weighted by Gasteiger charge is 2.27. The molecule has 2 amide bonds. The second kappa shape index (κ2) is 11.1. The van der Waals surface area contributed by atoms with Crippen LogP contribution in [0.2, 0.25) is 0 Å². The molecule has 4 aromatic rings. The lowest BCUT2D eigenvalue weighted by molar-refractivity contribution is -0.115. The molecular formula is C29H20N2O6S2. The Hall–Kier alpha value is -4.54. The quantitative estimate of drug-likeness (QED) is 0.228. The van der Waals surface area contributed by atoms with Crippen molar-refractivity contribution >= 4 is 64.3 Å². The highest BCUT2D eigenvalue weighted by molar-refractivity contribution is 8.00. The molecule has 3 N–H and O–H groups in total. The van der Waals surface area contributed by atoms with Crippen molar-refractivity contribution in [2.45, 2.75) is 14.7 Å². The van der Waals surface area contributed by atoms with Crippen LogP contribution < -0.4 is 10.2 Å². The van der Waals surface area contributed by atoms with Crippen molar-refractivity contribution < 1.29 is 29.4 Å². The molecule has 1 aliphatic rings. The van der Waals surface area contributed by atoms with E-state index in [0.717, 1.165) is 32.1 Å². The van der Waals surface area contributed by atoms with E-state index in [2.05, 4.69) is 5.32 Å². The number of rotatable bonds is 7. The van der Waals surface area contributed by atoms with E-state index in [1.807, 2.05) is 48.5 Å². The maximum atomic E-state index is 13.4. The molecule has 5 rings (SSSR count). The molecule has 0 bridgehead atoms. The van der Waals surface area contributed by atoms with Gasteiger partial charge in [-0.05, 0) is 66.7 Å². The highest BCUT2D eigenvalue weighted by Crippen LogP contribution is 2.48. The predicted molar refractivity (Wildman–Crippen MR) is 150 cm³/mol. The number of amides is 2. The summed E-state index contributed by atoms with van der Waals surface area (Å²) in [6.45, 7) is 0. The number of benzene rings is 4. The monoisotopic (exact) mass is 556 g/mol. The summed E-state index contributed by atoms with van der Waals surface area (Å²) in [6.07, 6.45) is 0. The first-order chi connectivity index (χ1) is 18.8. The van der Waals surface area contributed by atoms with Crippen LogP contribution in [0.4, 0.5) is 17.1 Å². The summed E-state index contributed by atoms with van der Waals surface area (Å²) in [5.74, 6) is -3.25. The van der Waals surface area contributed by atoms with Crippen LogP contribution in [0.5, 0.6) is 0 Å². The molecule has 0 unspecified atom stereocenters. The lowest BCUT2D eigenvalue weighted by Crippen LogP contribution is -2.29. The minimum atomic E-state index is -1.41. The van der Waals surface area contributed by atoms with Crippen LogP contribution in [0.25, 0.3) is 0 Å². The largest absolute Gasteiger partial charge is 0.478 e. The van der Waals surface area contributed by atoms with E-state index in [-0.39, 0.29) is 22.8 Å². The fourth-order valence-corrected chi connectivity index (χ4v) is 5.87. The van der Waals surface area contributed by atoms with Crippen LogP contribution in [0, 0.1) is 0 Å². The summed E-state index contributed by atoms with van der Waals surface area (Å²) in [6, 6.07) is 25.7. The number of nitrogens with one attached hydrogen (secondary N) is 1. The second-order valence-corrected chi connectivity index (χ2v) is 10.5. The molecule has 1 aliphatic heterocycles. The maximum absolute atomic E-state index is 13.4. The van der Waals surface area contributed by atoms with Crippen LogP contribution in [0.15, 0.2) is 106 Å². The standard InChI is InChI=1S/C29H20N2O6S2/c32-26(31-22-5-1-3-7-24(22)39-25-8-4-2-6-23(25)31)16-38-19-12-10-18(11-13-19)30-27(33)20-14-9-17(28(34)35)15-21(20)29(36)37/h1-15H,16H2,(H,30,33)(H,34,35)(H,36,37). The molecule has 0 atom stereocenters. The number of carboxylic acid groups (broad SMARTS) is 2. The van der Waals surface area contributed by atoms with Crippen molar-refractivity contribution in [3.8, 4) is 0 Å². The van der Waals surface area contributed by atoms with E-state index in [4.69, 9.17) is 5.11 Å². The van der Waals surface area contributed by atoms with Gasteiger partial charge in [-0.1, -0.05) is 36.0 Å². The average Bonchev–Trinajstić information content (AvgIpc) is 2.94. The van der Waals surface area contributed by atoms with Crippen molar-refractivity contribution in [3.63, 3.8) is 0 Å². The third kappa shape index (κ3) is 5.52. The molecule has 4 aromatic carbocycles. The number of para-hydroxylation sites is 2. The first-order valence-corrected chi connectivity index (χ1v) is 13.5. The van der Waals surface area contributed by atoms with E-state index in [1.165, 1.54) is 23.9 Å². The molecule has 0 saturated carbocycles. The van der Waals surface area contributed by atoms with Crippen LogP contribution in [0.3, 0.4) is 0 Å². The summed E-state index contributed by atoms with van der Waals surface area (Å²) in [5, 5.41) is 21.2. The number of anilines is 3. The Morgan fingerprint density at radius 1 is 0.744 bits per heavy atom. The maximum Gasteiger partial charge on any atom is 0.336 e. The second-order valence-electron chi connectivity index (χ2n) is 8.40. The van der Waals surface area contributed by atoms with Crippen LogP contribution in [-0.2, 0) is 4.79 Å². The normalized spacial score (nSPS) is 11.7. The molecule has 8 nitrogen and oxygen atoms in total. The number of nitrogens with zero attached hydrogens (tertiary/aromatic N) is 1. The van der Waals surface area contributed by atoms with Crippen molar-refractivity contribution in [1.82, 2.24) is 0 Å². The minimum absolute atomic E-state index is 0.0661. The molecule has 1 heterocycles. The molecule has 0 spiro atoms. The topological polar surface area (TPSA) is 124 Å². The van der Waals surface area contributed by atoms with Gasteiger partial charge in [0.05, 0.1) is 33.8 Å². The SMILES string of the molecule is O=C(O)c1ccc(C(=O)Nc2ccc(SCC(=O)N3c4ccccc4Sc4ccccc43)cc2)c(C(=O)O)c1. The van der Waals surface area contributed by atoms with E-state index in [0.29, 0.717) is 5.69 Å². The Bertz CT molecular complexity index is 1580. The van der Waals surface area contributed by atoms with Gasteiger partial charge in [0, 0.05) is 20.4 Å². The highest BCUT2D eigenvalue weighted by atomic mass is 32.2. The van der Waals surface area contributed by atoms with E-state index in [1.54, 1.807) is 40.9 Å². The smallest absolute Gasteiger partial charge is 0.336 e. The number of fused-ring (bicyclic) bond motifs is 2. The third-order valence-corrected chi connectivity index (χ3v) is 8.02. The number of carbonyl (C=O) groups is 4. The lowest BCUT2D eigenvalue weighted by Gasteiger charge is -2.31. The van der Waals surface area contributed by atoms with Crippen molar-refractivity contribution in [2.24, 2.45) is 0 Å². The summed E-state index contributed by atoms with van der Waals surface area (Å²) < 4.78 is 0. The van der Waals surface area contributed by atoms with Gasteiger partial charge in [-0.15, -0.1) is 11.8 Å². The zero-order chi connectivity index (χ0) is 27.5. The van der Waals surface area contributed by atoms with Gasteiger partial charge in [-0.25, -0.2) is 9.59 Å². The van der Waals surface area contributed by atoms with Crippen molar-refractivity contribution in [2.75, 3.05) is 16.0 Å². The fraction of sp³-hybridized carbons (Fsp3) is 0.0345. The van der Waals surface area contributed by atoms with E-state index in [9.17, 15) is 24.3 Å². The molecule has 39 heavy (non-hydrogen) atoms. The molecule has 0 fully saturated rings. The van der Waals surface area contributed by atoms with Gasteiger partial charge >= 0.3 is 11.9 Å². The van der Waals surface area contributed by atoms with Gasteiger partial charge in [0.1, 0.15) is 0 Å². The number of carbonyl (C=O) groups excluding carboxylic acids is 2. The average molecular weight is 557 g/mol. The molecule has 0 aromatic heterocycles. The van der Waals surface area contributed by atoms with Crippen LogP contribution >= 0.6 is 23.5 Å². The van der Waals surface area contributed by atoms with E-state index >= 15 is 0 Å². The summed E-state index contributed by atoms with van der Waals surface area (Å²) in [5.41, 5.74) is 1.33. The Morgan fingerprint density at radius 2 is 1.36 bits per heavy atom. The molecule has 10 heteroatoms. The van der Waals surface area contributed by atoms with Crippen molar-refractivity contribution in [3.05, 3.63) is 108 Å². The number of hydrogen-bond acceptors (Lipinski definition) is 6. The number of hydrogen-bond donors (Lipinski definition) is 3. The zero-order valence-electron chi connectivity index (χ0n) is 20.2. The van der Waals surface area contributed by atoms with Gasteiger partial charge in [0.2, 0.25) is 5.91 Å². The number of aromatic carboxylic acids is 2. The Labute approximate surface area is 231 Å².